The van der Waals surface area contributed by atoms with Crippen LogP contribution in [0.25, 0.3) is 11.1 Å². The van der Waals surface area contributed by atoms with Crippen LogP contribution in [-0.2, 0) is 0 Å². The van der Waals surface area contributed by atoms with Crippen LogP contribution in [0.4, 0.5) is 5.82 Å². The van der Waals surface area contributed by atoms with E-state index in [1.807, 2.05) is 40.9 Å². The fourth-order valence-corrected chi connectivity index (χ4v) is 1.31. The molecule has 0 saturated carbocycles. The first-order chi connectivity index (χ1) is 7.42. The van der Waals surface area contributed by atoms with Crippen molar-refractivity contribution in [3.8, 4) is 11.1 Å². The van der Waals surface area contributed by atoms with Gasteiger partial charge in [0.1, 0.15) is 5.82 Å². The Morgan fingerprint density at radius 2 is 1.67 bits per heavy atom. The second-order valence-corrected chi connectivity index (χ2v) is 2.50. The molecule has 15 heavy (non-hydrogen) atoms. The predicted octanol–water partition coefficient (Wildman–Crippen LogP) is 4.21. The van der Waals surface area contributed by atoms with E-state index in [-0.39, 0.29) is 0 Å². The van der Waals surface area contributed by atoms with Crippen LogP contribution < -0.4 is 5.32 Å². The Labute approximate surface area is 93.1 Å². The van der Waals surface area contributed by atoms with E-state index in [1.165, 1.54) is 11.1 Å². The van der Waals surface area contributed by atoms with E-state index in [0.29, 0.717) is 0 Å². The number of hydrogen-bond acceptors (Lipinski definition) is 1. The van der Waals surface area contributed by atoms with Crippen molar-refractivity contribution in [1.82, 2.24) is 4.98 Å². The first kappa shape index (κ1) is 13.6. The lowest BCUT2D eigenvalue weighted by Crippen LogP contribution is -1.93. The van der Waals surface area contributed by atoms with E-state index in [2.05, 4.69) is 34.6 Å². The molecule has 0 amide bonds. The quantitative estimate of drug-likeness (QED) is 0.718. The molecule has 1 aliphatic carbocycles. The van der Waals surface area contributed by atoms with Crippen LogP contribution in [0.15, 0.2) is 30.5 Å². The summed E-state index contributed by atoms with van der Waals surface area (Å²) in [6.45, 7) is 8.00. The normalized spacial score (nSPS) is 8.33. The summed E-state index contributed by atoms with van der Waals surface area (Å²) in [6.07, 6.45) is 1.94. The van der Waals surface area contributed by atoms with Gasteiger partial charge in [0.25, 0.3) is 0 Å². The lowest BCUT2D eigenvalue weighted by molar-refractivity contribution is 1.29. The third-order valence-electron chi connectivity index (χ3n) is 1.86. The zero-order chi connectivity index (χ0) is 11.7. The molecule has 0 aromatic carbocycles. The van der Waals surface area contributed by atoms with Crippen molar-refractivity contribution in [1.29, 1.82) is 0 Å². The van der Waals surface area contributed by atoms with Crippen molar-refractivity contribution in [2.24, 2.45) is 0 Å². The summed E-state index contributed by atoms with van der Waals surface area (Å²) < 4.78 is 0. The number of aromatic nitrogens is 1. The van der Waals surface area contributed by atoms with Crippen LogP contribution in [0, 0.1) is 0 Å². The third-order valence-corrected chi connectivity index (χ3v) is 1.86. The average Bonchev–Trinajstić information content (AvgIpc) is 2.82. The SMILES string of the molecule is CC.CC.CNc1[nH]ccc2cccc1-2. The van der Waals surface area contributed by atoms with Gasteiger partial charge in [0.15, 0.2) is 0 Å². The fraction of sp³-hybridized carbons (Fsp3) is 0.385. The Hall–Kier alpha value is -1.44. The van der Waals surface area contributed by atoms with Gasteiger partial charge in [0, 0.05) is 18.8 Å². The van der Waals surface area contributed by atoms with Gasteiger partial charge in [-0.25, -0.2) is 0 Å². The highest BCUT2D eigenvalue weighted by molar-refractivity contribution is 5.77. The number of anilines is 1. The molecule has 2 aliphatic rings. The van der Waals surface area contributed by atoms with Gasteiger partial charge in [-0.15, -0.1) is 0 Å². The molecule has 0 radical (unpaired) electrons. The number of H-pyrrole nitrogens is 1. The van der Waals surface area contributed by atoms with Gasteiger partial charge < -0.3 is 10.3 Å². The Morgan fingerprint density at radius 3 is 2.27 bits per heavy atom. The summed E-state index contributed by atoms with van der Waals surface area (Å²) in [5.41, 5.74) is 2.52. The van der Waals surface area contributed by atoms with Gasteiger partial charge in [-0.1, -0.05) is 45.9 Å². The van der Waals surface area contributed by atoms with Gasteiger partial charge in [-0.2, -0.15) is 0 Å². The molecule has 0 bridgehead atoms. The molecule has 84 valence electrons. The maximum atomic E-state index is 3.14. The van der Waals surface area contributed by atoms with Gasteiger partial charge in [-0.05, 0) is 11.6 Å². The Balaban J connectivity index is 0.000000442. The Bertz CT molecular complexity index is 325. The van der Waals surface area contributed by atoms with Crippen LogP contribution in [0.2, 0.25) is 0 Å². The molecule has 1 heterocycles. The van der Waals surface area contributed by atoms with Crippen LogP contribution in [0.5, 0.6) is 0 Å². The molecule has 1 aliphatic heterocycles. The summed E-state index contributed by atoms with van der Waals surface area (Å²) in [5, 5.41) is 3.10. The highest BCUT2D eigenvalue weighted by atomic mass is 15.0. The molecule has 0 atom stereocenters. The van der Waals surface area contributed by atoms with Crippen LogP contribution in [-0.4, -0.2) is 12.0 Å². The van der Waals surface area contributed by atoms with Crippen molar-refractivity contribution in [2.75, 3.05) is 12.4 Å². The Morgan fingerprint density at radius 1 is 1.00 bits per heavy atom. The maximum Gasteiger partial charge on any atom is 0.110 e. The Kier molecular flexibility index (Phi) is 7.16. The summed E-state index contributed by atoms with van der Waals surface area (Å²) >= 11 is 0. The number of aromatic amines is 1. The van der Waals surface area contributed by atoms with Crippen molar-refractivity contribution in [2.45, 2.75) is 27.7 Å². The van der Waals surface area contributed by atoms with E-state index in [0.717, 1.165) is 5.82 Å². The van der Waals surface area contributed by atoms with Crippen molar-refractivity contribution < 1.29 is 0 Å². The molecule has 0 aromatic rings. The van der Waals surface area contributed by atoms with Crippen LogP contribution in [0.3, 0.4) is 0 Å². The number of pyridine rings is 1. The van der Waals surface area contributed by atoms with Crippen molar-refractivity contribution in [3.05, 3.63) is 30.5 Å². The number of nitrogens with one attached hydrogen (secondary N) is 2. The molecule has 2 nitrogen and oxygen atoms in total. The molecular weight excluding hydrogens is 184 g/mol. The van der Waals surface area contributed by atoms with E-state index < -0.39 is 0 Å². The van der Waals surface area contributed by atoms with Gasteiger partial charge in [0.2, 0.25) is 0 Å². The highest BCUT2D eigenvalue weighted by Crippen LogP contribution is 2.27. The van der Waals surface area contributed by atoms with E-state index in [1.54, 1.807) is 0 Å². The topological polar surface area (TPSA) is 27.8 Å². The van der Waals surface area contributed by atoms with Gasteiger partial charge >= 0.3 is 0 Å². The summed E-state index contributed by atoms with van der Waals surface area (Å²) in [7, 11) is 1.91. The number of rotatable bonds is 1. The minimum atomic E-state index is 1.08. The van der Waals surface area contributed by atoms with Gasteiger partial charge in [0.05, 0.1) is 0 Å². The molecule has 0 saturated heterocycles. The lowest BCUT2D eigenvalue weighted by Gasteiger charge is -2.05. The monoisotopic (exact) mass is 206 g/mol. The van der Waals surface area contributed by atoms with Crippen LogP contribution >= 0.6 is 0 Å². The summed E-state index contributed by atoms with van der Waals surface area (Å²) in [6, 6.07) is 8.32. The molecule has 0 unspecified atom stereocenters. The highest BCUT2D eigenvalue weighted by Gasteiger charge is 2.04. The van der Waals surface area contributed by atoms with E-state index in [9.17, 15) is 0 Å². The minimum Gasteiger partial charge on any atom is -0.374 e. The first-order valence-electron chi connectivity index (χ1n) is 5.65. The number of hydrogen-bond donors (Lipinski definition) is 2. The van der Waals surface area contributed by atoms with Crippen molar-refractivity contribution in [3.63, 3.8) is 0 Å². The molecular formula is C13H22N2. The number of fused-ring (bicyclic) bond motifs is 1. The molecule has 0 aromatic heterocycles. The second-order valence-electron chi connectivity index (χ2n) is 2.50. The maximum absolute atomic E-state index is 3.14. The average molecular weight is 206 g/mol. The largest absolute Gasteiger partial charge is 0.374 e. The molecule has 2 rings (SSSR count). The van der Waals surface area contributed by atoms with Gasteiger partial charge in [-0.3, -0.25) is 0 Å². The molecule has 0 spiro atoms. The second kappa shape index (κ2) is 7.92. The standard InChI is InChI=1S/C9H10N2.2C2H6/c1-10-9-8-4-2-3-7(8)5-6-11-9;2*1-2/h2-6,10-11H,1H3;2*1-2H3. The zero-order valence-electron chi connectivity index (χ0n) is 10.4. The minimum absolute atomic E-state index is 1.08. The zero-order valence-corrected chi connectivity index (χ0v) is 10.4. The molecule has 2 heteroatoms. The fourth-order valence-electron chi connectivity index (χ4n) is 1.31. The third kappa shape index (κ3) is 3.31. The van der Waals surface area contributed by atoms with Crippen molar-refractivity contribution >= 4 is 5.82 Å². The lowest BCUT2D eigenvalue weighted by atomic mass is 10.2. The summed E-state index contributed by atoms with van der Waals surface area (Å²) in [5.74, 6) is 1.08. The predicted molar refractivity (Wildman–Crippen MR) is 69.7 cm³/mol. The first-order valence-corrected chi connectivity index (χ1v) is 5.65. The van der Waals surface area contributed by atoms with E-state index in [4.69, 9.17) is 0 Å². The molecule has 2 N–H and O–H groups in total. The summed E-state index contributed by atoms with van der Waals surface area (Å²) in [4.78, 5) is 3.14. The molecule has 0 fully saturated rings. The smallest absolute Gasteiger partial charge is 0.110 e. The van der Waals surface area contributed by atoms with Crippen LogP contribution in [0.1, 0.15) is 27.7 Å². The van der Waals surface area contributed by atoms with E-state index >= 15 is 0 Å².